The largest absolute Gasteiger partial charge is 0.496 e. The van der Waals surface area contributed by atoms with Crippen molar-refractivity contribution in [2.75, 3.05) is 46.4 Å². The van der Waals surface area contributed by atoms with Crippen molar-refractivity contribution in [1.29, 1.82) is 0 Å². The zero-order valence-electron chi connectivity index (χ0n) is 15.4. The smallest absolute Gasteiger partial charge is 0.163 e. The van der Waals surface area contributed by atoms with Gasteiger partial charge < -0.3 is 24.0 Å². The van der Waals surface area contributed by atoms with E-state index in [1.54, 1.807) is 7.11 Å². The monoisotopic (exact) mass is 342 g/mol. The van der Waals surface area contributed by atoms with E-state index in [1.807, 2.05) is 18.2 Å². The Morgan fingerprint density at radius 3 is 2.40 bits per heavy atom. The quantitative estimate of drug-likeness (QED) is 0.805. The lowest BCUT2D eigenvalue weighted by Crippen LogP contribution is -2.19. The Hall–Kier alpha value is -2.40. The van der Waals surface area contributed by atoms with Crippen LogP contribution >= 0.6 is 0 Å². The molecule has 0 aliphatic carbocycles. The summed E-state index contributed by atoms with van der Waals surface area (Å²) in [6.45, 7) is 2.88. The van der Waals surface area contributed by atoms with Crippen molar-refractivity contribution in [2.45, 2.75) is 13.1 Å². The van der Waals surface area contributed by atoms with Crippen LogP contribution in [0.3, 0.4) is 0 Å². The summed E-state index contributed by atoms with van der Waals surface area (Å²) in [6, 6.07) is 12.5. The van der Waals surface area contributed by atoms with Gasteiger partial charge >= 0.3 is 0 Å². The Bertz CT molecular complexity index is 731. The van der Waals surface area contributed by atoms with Crippen molar-refractivity contribution >= 4 is 5.69 Å². The molecule has 1 heterocycles. The second kappa shape index (κ2) is 7.66. The van der Waals surface area contributed by atoms with Crippen molar-refractivity contribution in [3.8, 4) is 17.2 Å². The minimum Gasteiger partial charge on any atom is -0.496 e. The molecule has 0 radical (unpaired) electrons. The van der Waals surface area contributed by atoms with E-state index in [4.69, 9.17) is 14.2 Å². The zero-order valence-corrected chi connectivity index (χ0v) is 15.4. The van der Waals surface area contributed by atoms with Crippen LogP contribution in [0.1, 0.15) is 11.1 Å². The molecule has 25 heavy (non-hydrogen) atoms. The minimum atomic E-state index is 0.604. The third-order valence-electron chi connectivity index (χ3n) is 4.22. The zero-order chi connectivity index (χ0) is 17.8. The van der Waals surface area contributed by atoms with E-state index in [-0.39, 0.29) is 0 Å². The van der Waals surface area contributed by atoms with Gasteiger partial charge in [-0.15, -0.1) is 0 Å². The lowest BCUT2D eigenvalue weighted by atomic mass is 10.1. The molecule has 0 fully saturated rings. The topological polar surface area (TPSA) is 34.2 Å². The third-order valence-corrected chi connectivity index (χ3v) is 4.22. The molecule has 0 aromatic heterocycles. The fourth-order valence-corrected chi connectivity index (χ4v) is 3.03. The summed E-state index contributed by atoms with van der Waals surface area (Å²) in [4.78, 5) is 4.35. The van der Waals surface area contributed by atoms with Crippen LogP contribution in [0.5, 0.6) is 17.2 Å². The molecule has 0 atom stereocenters. The highest BCUT2D eigenvalue weighted by Gasteiger charge is 2.14. The van der Waals surface area contributed by atoms with E-state index >= 15 is 0 Å². The van der Waals surface area contributed by atoms with Crippen molar-refractivity contribution in [3.05, 3.63) is 47.5 Å². The van der Waals surface area contributed by atoms with Gasteiger partial charge in [-0.25, -0.2) is 0 Å². The highest BCUT2D eigenvalue weighted by atomic mass is 16.6. The molecule has 1 aliphatic rings. The summed E-state index contributed by atoms with van der Waals surface area (Å²) < 4.78 is 16.8. The molecule has 1 aliphatic heterocycles. The Morgan fingerprint density at radius 2 is 1.68 bits per heavy atom. The van der Waals surface area contributed by atoms with E-state index in [2.05, 4.69) is 49.1 Å². The van der Waals surface area contributed by atoms with Gasteiger partial charge in [0.15, 0.2) is 11.5 Å². The highest BCUT2D eigenvalue weighted by molar-refractivity contribution is 5.56. The molecule has 0 spiro atoms. The second-order valence-corrected chi connectivity index (χ2v) is 6.57. The van der Waals surface area contributed by atoms with Crippen LogP contribution in [0, 0.1) is 0 Å². The van der Waals surface area contributed by atoms with Gasteiger partial charge in [0.25, 0.3) is 0 Å². The maximum atomic E-state index is 5.68. The lowest BCUT2D eigenvalue weighted by molar-refractivity contribution is 0.171. The maximum Gasteiger partial charge on any atom is 0.163 e. The lowest BCUT2D eigenvalue weighted by Gasteiger charge is -2.24. The molecule has 134 valence electrons. The first-order valence-electron chi connectivity index (χ1n) is 8.48. The molecule has 0 saturated carbocycles. The van der Waals surface area contributed by atoms with Crippen LogP contribution in [-0.4, -0.2) is 46.4 Å². The number of anilines is 1. The first-order valence-corrected chi connectivity index (χ1v) is 8.48. The van der Waals surface area contributed by atoms with E-state index in [0.717, 1.165) is 36.0 Å². The van der Waals surface area contributed by atoms with Crippen molar-refractivity contribution in [3.63, 3.8) is 0 Å². The van der Waals surface area contributed by atoms with Crippen LogP contribution in [-0.2, 0) is 13.1 Å². The molecule has 5 nitrogen and oxygen atoms in total. The first-order chi connectivity index (χ1) is 12.1. The van der Waals surface area contributed by atoms with E-state index in [1.165, 1.54) is 11.1 Å². The Balaban J connectivity index is 1.77. The number of fused-ring (bicyclic) bond motifs is 1. The van der Waals surface area contributed by atoms with Crippen molar-refractivity contribution < 1.29 is 14.2 Å². The molecule has 2 aromatic rings. The molecule has 0 amide bonds. The number of benzene rings is 2. The van der Waals surface area contributed by atoms with Gasteiger partial charge in [0.05, 0.1) is 7.11 Å². The number of rotatable bonds is 6. The fourth-order valence-electron chi connectivity index (χ4n) is 3.03. The number of nitrogens with zero attached hydrogens (tertiary/aromatic N) is 2. The predicted octanol–water partition coefficient (Wildman–Crippen LogP) is 3.16. The predicted molar refractivity (Wildman–Crippen MR) is 99.9 cm³/mol. The van der Waals surface area contributed by atoms with Crippen molar-refractivity contribution in [1.82, 2.24) is 4.90 Å². The molecule has 2 aromatic carbocycles. The average Bonchev–Trinajstić information content (AvgIpc) is 2.61. The standard InChI is InChI=1S/C20H26N2O3/c1-21(2)14-16-11-15(5-7-18(16)23-4)13-22(3)17-6-8-19-20(12-17)25-10-9-24-19/h5-8,11-12H,9-10,13-14H2,1-4H3. The molecular formula is C20H26N2O3. The van der Waals surface area contributed by atoms with Crippen LogP contribution in [0.4, 0.5) is 5.69 Å². The molecule has 3 rings (SSSR count). The Kier molecular flexibility index (Phi) is 5.34. The van der Waals surface area contributed by atoms with E-state index in [0.29, 0.717) is 13.2 Å². The fraction of sp³-hybridized carbons (Fsp3) is 0.400. The highest BCUT2D eigenvalue weighted by Crippen LogP contribution is 2.34. The third kappa shape index (κ3) is 4.17. The summed E-state index contributed by atoms with van der Waals surface area (Å²) in [5.74, 6) is 2.57. The van der Waals surface area contributed by atoms with Crippen molar-refractivity contribution in [2.24, 2.45) is 0 Å². The summed E-state index contributed by atoms with van der Waals surface area (Å²) in [6.07, 6.45) is 0. The van der Waals surface area contributed by atoms with Crippen LogP contribution in [0.15, 0.2) is 36.4 Å². The van der Waals surface area contributed by atoms with Gasteiger partial charge in [0.1, 0.15) is 19.0 Å². The SMILES string of the molecule is COc1ccc(CN(C)c2ccc3c(c2)OCCO3)cc1CN(C)C. The van der Waals surface area contributed by atoms with Crippen LogP contribution in [0.25, 0.3) is 0 Å². The van der Waals surface area contributed by atoms with Gasteiger partial charge in [0, 0.05) is 37.5 Å². The van der Waals surface area contributed by atoms with Gasteiger partial charge in [-0.2, -0.15) is 0 Å². The molecule has 0 unspecified atom stereocenters. The van der Waals surface area contributed by atoms with Gasteiger partial charge in [-0.1, -0.05) is 6.07 Å². The first kappa shape index (κ1) is 17.4. The summed E-state index contributed by atoms with van der Waals surface area (Å²) in [5, 5.41) is 0. The Morgan fingerprint density at radius 1 is 0.920 bits per heavy atom. The maximum absolute atomic E-state index is 5.68. The average molecular weight is 342 g/mol. The van der Waals surface area contributed by atoms with Crippen LogP contribution in [0.2, 0.25) is 0 Å². The van der Waals surface area contributed by atoms with Gasteiger partial charge in [-0.05, 0) is 43.9 Å². The molecule has 0 bridgehead atoms. The number of hydrogen-bond acceptors (Lipinski definition) is 5. The van der Waals surface area contributed by atoms with Gasteiger partial charge in [0.2, 0.25) is 0 Å². The summed E-state index contributed by atoms with van der Waals surface area (Å²) in [7, 11) is 7.93. The number of ether oxygens (including phenoxy) is 3. The summed E-state index contributed by atoms with van der Waals surface area (Å²) >= 11 is 0. The molecule has 5 heteroatoms. The molecular weight excluding hydrogens is 316 g/mol. The Labute approximate surface area is 149 Å². The molecule has 0 N–H and O–H groups in total. The van der Waals surface area contributed by atoms with Crippen LogP contribution < -0.4 is 19.1 Å². The summed E-state index contributed by atoms with van der Waals surface area (Å²) in [5.41, 5.74) is 3.55. The second-order valence-electron chi connectivity index (χ2n) is 6.57. The number of methoxy groups -OCH3 is 1. The minimum absolute atomic E-state index is 0.604. The molecule has 0 saturated heterocycles. The normalized spacial score (nSPS) is 13.0. The van der Waals surface area contributed by atoms with E-state index < -0.39 is 0 Å². The van der Waals surface area contributed by atoms with E-state index in [9.17, 15) is 0 Å². The van der Waals surface area contributed by atoms with Gasteiger partial charge in [-0.3, -0.25) is 0 Å². The number of hydrogen-bond donors (Lipinski definition) is 0.